The molecule has 8 heteroatoms. The number of pyridine rings is 1. The highest BCUT2D eigenvalue weighted by atomic mass is 32.2. The van der Waals surface area contributed by atoms with Crippen LogP contribution in [0.5, 0.6) is 0 Å². The fourth-order valence-electron chi connectivity index (χ4n) is 1.38. The van der Waals surface area contributed by atoms with E-state index in [0.29, 0.717) is 0 Å². The second kappa shape index (κ2) is 5.40. The zero-order valence-electron chi connectivity index (χ0n) is 10.1. The molecule has 0 saturated heterocycles. The maximum Gasteiger partial charge on any atom is 0.263 e. The number of nitrogens with one attached hydrogen (secondary N) is 1. The minimum absolute atomic E-state index is 0.0736. The van der Waals surface area contributed by atoms with Crippen molar-refractivity contribution in [2.24, 2.45) is 5.73 Å². The van der Waals surface area contributed by atoms with E-state index in [1.165, 1.54) is 19.3 Å². The molecule has 0 saturated carbocycles. The molecule has 0 amide bonds. The van der Waals surface area contributed by atoms with Crippen LogP contribution in [0.3, 0.4) is 0 Å². The van der Waals surface area contributed by atoms with E-state index in [9.17, 15) is 12.8 Å². The zero-order valence-corrected chi connectivity index (χ0v) is 10.9. The summed E-state index contributed by atoms with van der Waals surface area (Å²) in [7, 11) is -2.72. The van der Waals surface area contributed by atoms with Gasteiger partial charge in [0, 0.05) is 25.7 Å². The Bertz CT molecular complexity index is 547. The van der Waals surface area contributed by atoms with Gasteiger partial charge in [-0.3, -0.25) is 5.41 Å². The molecule has 0 aliphatic heterocycles. The number of sulfonamides is 1. The molecule has 1 unspecified atom stereocenters. The van der Waals surface area contributed by atoms with E-state index >= 15 is 0 Å². The third kappa shape index (κ3) is 3.02. The summed E-state index contributed by atoms with van der Waals surface area (Å²) < 4.78 is 38.6. The lowest BCUT2D eigenvalue weighted by Crippen LogP contribution is -2.38. The lowest BCUT2D eigenvalue weighted by atomic mass is 10.2. The first-order valence-corrected chi connectivity index (χ1v) is 6.62. The SMILES string of the molecule is CC(CC(=N)N)N(C)S(=O)(=O)c1ncccc1F. The third-order valence-electron chi connectivity index (χ3n) is 2.48. The maximum atomic E-state index is 13.4. The number of aromatic nitrogens is 1. The van der Waals surface area contributed by atoms with Crippen LogP contribution < -0.4 is 5.73 Å². The van der Waals surface area contributed by atoms with Gasteiger partial charge in [0.25, 0.3) is 10.0 Å². The molecule has 0 aliphatic carbocycles. The standard InChI is InChI=1S/C10H15FN4O2S/c1-7(6-9(12)13)15(2)18(16,17)10-8(11)4-3-5-14-10/h3-5,7H,6H2,1-2H3,(H3,12,13). The van der Waals surface area contributed by atoms with E-state index in [1.807, 2.05) is 0 Å². The quantitative estimate of drug-likeness (QED) is 0.605. The van der Waals surface area contributed by atoms with Crippen molar-refractivity contribution in [1.82, 2.24) is 9.29 Å². The summed E-state index contributed by atoms with van der Waals surface area (Å²) in [6, 6.07) is 1.80. The summed E-state index contributed by atoms with van der Waals surface area (Å²) in [5.41, 5.74) is 5.22. The highest BCUT2D eigenvalue weighted by Crippen LogP contribution is 2.18. The van der Waals surface area contributed by atoms with E-state index in [2.05, 4.69) is 4.98 Å². The molecule has 1 heterocycles. The molecular formula is C10H15FN4O2S. The van der Waals surface area contributed by atoms with Crippen LogP contribution in [0.1, 0.15) is 13.3 Å². The summed E-state index contributed by atoms with van der Waals surface area (Å²) >= 11 is 0. The molecule has 0 radical (unpaired) electrons. The fraction of sp³-hybridized carbons (Fsp3) is 0.400. The van der Waals surface area contributed by atoms with Gasteiger partial charge in [0.15, 0.2) is 5.82 Å². The number of halogens is 1. The second-order valence-electron chi connectivity index (χ2n) is 3.89. The first-order chi connectivity index (χ1) is 8.26. The number of nitrogens with two attached hydrogens (primary N) is 1. The van der Waals surface area contributed by atoms with Crippen molar-refractivity contribution in [1.29, 1.82) is 5.41 Å². The normalized spacial score (nSPS) is 13.6. The highest BCUT2D eigenvalue weighted by Gasteiger charge is 2.29. The van der Waals surface area contributed by atoms with E-state index < -0.39 is 26.9 Å². The Morgan fingerprint density at radius 2 is 2.28 bits per heavy atom. The molecule has 6 nitrogen and oxygen atoms in total. The van der Waals surface area contributed by atoms with Crippen molar-refractivity contribution < 1.29 is 12.8 Å². The maximum absolute atomic E-state index is 13.4. The molecular weight excluding hydrogens is 259 g/mol. The van der Waals surface area contributed by atoms with Crippen molar-refractivity contribution in [3.05, 3.63) is 24.1 Å². The predicted octanol–water partition coefficient (Wildman–Crippen LogP) is 0.556. The van der Waals surface area contributed by atoms with Crippen molar-refractivity contribution in [2.45, 2.75) is 24.4 Å². The summed E-state index contributed by atoms with van der Waals surface area (Å²) in [5, 5.41) is 6.51. The van der Waals surface area contributed by atoms with Crippen LogP contribution in [0, 0.1) is 11.2 Å². The van der Waals surface area contributed by atoms with Crippen molar-refractivity contribution in [3.63, 3.8) is 0 Å². The van der Waals surface area contributed by atoms with Gasteiger partial charge < -0.3 is 5.73 Å². The molecule has 1 rings (SSSR count). The fourth-order valence-corrected chi connectivity index (χ4v) is 2.71. The van der Waals surface area contributed by atoms with E-state index in [-0.39, 0.29) is 12.3 Å². The largest absolute Gasteiger partial charge is 0.388 e. The number of nitrogens with zero attached hydrogens (tertiary/aromatic N) is 2. The Hall–Kier alpha value is -1.54. The topological polar surface area (TPSA) is 100 Å². The van der Waals surface area contributed by atoms with Gasteiger partial charge in [-0.2, -0.15) is 4.31 Å². The number of amidine groups is 1. The molecule has 1 atom stereocenters. The predicted molar refractivity (Wildman–Crippen MR) is 65.1 cm³/mol. The molecule has 3 N–H and O–H groups in total. The van der Waals surface area contributed by atoms with Gasteiger partial charge >= 0.3 is 0 Å². The first kappa shape index (κ1) is 14.5. The number of hydrogen-bond donors (Lipinski definition) is 2. The van der Waals surface area contributed by atoms with Gasteiger partial charge in [-0.05, 0) is 19.1 Å². The van der Waals surface area contributed by atoms with Crippen LogP contribution in [-0.2, 0) is 10.0 Å². The van der Waals surface area contributed by atoms with Crippen LogP contribution in [0.2, 0.25) is 0 Å². The van der Waals surface area contributed by atoms with Gasteiger partial charge in [0.2, 0.25) is 5.03 Å². The minimum atomic E-state index is -4.02. The van der Waals surface area contributed by atoms with Crippen LogP contribution in [-0.4, -0.2) is 36.6 Å². The molecule has 0 fully saturated rings. The molecule has 1 aromatic heterocycles. The highest BCUT2D eigenvalue weighted by molar-refractivity contribution is 7.89. The van der Waals surface area contributed by atoms with Gasteiger partial charge in [-0.15, -0.1) is 0 Å². The molecule has 1 aromatic rings. The molecule has 0 bridgehead atoms. The minimum Gasteiger partial charge on any atom is -0.388 e. The van der Waals surface area contributed by atoms with Gasteiger partial charge in [-0.25, -0.2) is 17.8 Å². The average molecular weight is 274 g/mol. The smallest absolute Gasteiger partial charge is 0.263 e. The molecule has 18 heavy (non-hydrogen) atoms. The Labute approximate surface area is 105 Å². The Balaban J connectivity index is 3.08. The van der Waals surface area contributed by atoms with Crippen LogP contribution in [0.25, 0.3) is 0 Å². The second-order valence-corrected chi connectivity index (χ2v) is 5.80. The average Bonchev–Trinajstić information content (AvgIpc) is 2.27. The van der Waals surface area contributed by atoms with Crippen molar-refractivity contribution in [2.75, 3.05) is 7.05 Å². The van der Waals surface area contributed by atoms with Gasteiger partial charge in [0.05, 0.1) is 5.84 Å². The van der Waals surface area contributed by atoms with E-state index in [4.69, 9.17) is 11.1 Å². The molecule has 0 spiro atoms. The van der Waals surface area contributed by atoms with Crippen molar-refractivity contribution in [3.8, 4) is 0 Å². The van der Waals surface area contributed by atoms with Crippen molar-refractivity contribution >= 4 is 15.9 Å². The van der Waals surface area contributed by atoms with Crippen LogP contribution >= 0.6 is 0 Å². The lowest BCUT2D eigenvalue weighted by molar-refractivity contribution is 0.390. The van der Waals surface area contributed by atoms with E-state index in [0.717, 1.165) is 10.4 Å². The Kier molecular flexibility index (Phi) is 4.36. The van der Waals surface area contributed by atoms with E-state index in [1.54, 1.807) is 6.92 Å². The van der Waals surface area contributed by atoms with Gasteiger partial charge in [-0.1, -0.05) is 0 Å². The Morgan fingerprint density at radius 3 is 2.78 bits per heavy atom. The summed E-state index contributed by atoms with van der Waals surface area (Å²) in [6.07, 6.45) is 1.28. The Morgan fingerprint density at radius 1 is 1.67 bits per heavy atom. The van der Waals surface area contributed by atoms with Crippen LogP contribution in [0.15, 0.2) is 23.4 Å². The number of hydrogen-bond acceptors (Lipinski definition) is 4. The monoisotopic (exact) mass is 274 g/mol. The first-order valence-electron chi connectivity index (χ1n) is 5.18. The zero-order chi connectivity index (χ0) is 13.9. The molecule has 0 aliphatic rings. The van der Waals surface area contributed by atoms with Gasteiger partial charge in [0.1, 0.15) is 0 Å². The number of rotatable bonds is 5. The summed E-state index contributed by atoms with van der Waals surface area (Å²) in [6.45, 7) is 1.58. The molecule has 100 valence electrons. The van der Waals surface area contributed by atoms with Crippen LogP contribution in [0.4, 0.5) is 4.39 Å². The lowest BCUT2D eigenvalue weighted by Gasteiger charge is -2.23. The summed E-state index contributed by atoms with van der Waals surface area (Å²) in [5.74, 6) is -1.04. The summed E-state index contributed by atoms with van der Waals surface area (Å²) in [4.78, 5) is 3.54. The molecule has 0 aromatic carbocycles. The third-order valence-corrected chi connectivity index (χ3v) is 4.39.